The molecule has 0 saturated carbocycles. The molecule has 0 aromatic heterocycles. The lowest BCUT2D eigenvalue weighted by Gasteiger charge is -2.05. The van der Waals surface area contributed by atoms with Crippen LogP contribution in [0.2, 0.25) is 0 Å². The van der Waals surface area contributed by atoms with Gasteiger partial charge in [-0.2, -0.15) is 0 Å². The van der Waals surface area contributed by atoms with E-state index in [2.05, 4.69) is 23.7 Å². The highest BCUT2D eigenvalue weighted by atomic mass is 35.5. The Morgan fingerprint density at radius 1 is 0.556 bits per heavy atom. The van der Waals surface area contributed by atoms with Crippen molar-refractivity contribution in [1.29, 1.82) is 0 Å². The van der Waals surface area contributed by atoms with Gasteiger partial charge in [0.25, 0.3) is 0 Å². The number of rotatable bonds is 13. The molecule has 0 amide bonds. The number of aliphatic hydroxyl groups is 3. The molecule has 0 fully saturated rings. The van der Waals surface area contributed by atoms with E-state index in [9.17, 15) is 14.4 Å². The van der Waals surface area contributed by atoms with Crippen molar-refractivity contribution < 1.29 is 53.4 Å². The first-order chi connectivity index (χ1) is 13.0. The molecule has 0 spiro atoms. The van der Waals surface area contributed by atoms with Crippen LogP contribution in [0.15, 0.2) is 0 Å². The average molecular weight is 419 g/mol. The fraction of sp³-hybridized carbons (Fsp3) is 0.800. The first kappa shape index (κ1) is 27.4. The van der Waals surface area contributed by atoms with Gasteiger partial charge < -0.3 is 39.0 Å². The summed E-state index contributed by atoms with van der Waals surface area (Å²) in [6.45, 7) is 0.552. The van der Waals surface area contributed by atoms with Gasteiger partial charge in [0.15, 0.2) is 0 Å². The van der Waals surface area contributed by atoms with Gasteiger partial charge in [0.2, 0.25) is 0 Å². The highest BCUT2D eigenvalue weighted by Gasteiger charge is 2.03. The minimum atomic E-state index is -0.888. The number of ether oxygens (including phenoxy) is 5. The number of carbonyl (C=O) groups is 3. The second kappa shape index (κ2) is 22.2. The molecule has 11 nitrogen and oxygen atoms in total. The van der Waals surface area contributed by atoms with E-state index < -0.39 is 17.7 Å². The van der Waals surface area contributed by atoms with Crippen LogP contribution >= 0.6 is 11.6 Å². The Morgan fingerprint density at radius 2 is 0.852 bits per heavy atom. The fourth-order valence-corrected chi connectivity index (χ4v) is 1.19. The molecule has 0 aliphatic carbocycles. The van der Waals surface area contributed by atoms with Gasteiger partial charge in [-0.25, -0.2) is 14.4 Å². The second-order valence-electron chi connectivity index (χ2n) is 4.56. The van der Waals surface area contributed by atoms with Crippen molar-refractivity contribution >= 4 is 29.3 Å². The third kappa shape index (κ3) is 26.5. The highest BCUT2D eigenvalue weighted by molar-refractivity contribution is 6.61. The minimum Gasteiger partial charge on any atom is -0.454 e. The van der Waals surface area contributed by atoms with Crippen LogP contribution < -0.4 is 0 Å². The Hall–Kier alpha value is -1.82. The van der Waals surface area contributed by atoms with E-state index in [4.69, 9.17) is 26.9 Å². The molecule has 0 rings (SSSR count). The van der Waals surface area contributed by atoms with Crippen molar-refractivity contribution in [3.63, 3.8) is 0 Å². The zero-order chi connectivity index (χ0) is 20.8. The average Bonchev–Trinajstić information content (AvgIpc) is 2.62. The molecule has 0 unspecified atom stereocenters. The standard InChI is InChI=1S/C8H13ClO6.C7H14O5/c9-7(11)13-5-2-6-15-8(12)14-4-1-3-10;8-3-1-5-11-7(10)12-6-2-4-9/h10H,1-6H2;8-9H,1-6H2. The summed E-state index contributed by atoms with van der Waals surface area (Å²) in [4.78, 5) is 31.4. The van der Waals surface area contributed by atoms with E-state index >= 15 is 0 Å². The minimum absolute atomic E-state index is 0.0100. The van der Waals surface area contributed by atoms with E-state index in [1.165, 1.54) is 0 Å². The molecule has 0 heterocycles. The Bertz CT molecular complexity index is 367. The summed E-state index contributed by atoms with van der Waals surface area (Å²) < 4.78 is 22.6. The molecule has 0 atom stereocenters. The van der Waals surface area contributed by atoms with Crippen LogP contribution in [0.25, 0.3) is 0 Å². The molecule has 0 aromatic rings. The molecule has 0 radical (unpaired) electrons. The first-order valence-electron chi connectivity index (χ1n) is 8.21. The lowest BCUT2D eigenvalue weighted by Crippen LogP contribution is -2.11. The zero-order valence-corrected chi connectivity index (χ0v) is 15.7. The third-order valence-corrected chi connectivity index (χ3v) is 2.40. The van der Waals surface area contributed by atoms with E-state index in [1.54, 1.807) is 0 Å². The van der Waals surface area contributed by atoms with E-state index in [-0.39, 0.29) is 52.9 Å². The lowest BCUT2D eigenvalue weighted by molar-refractivity contribution is 0.0462. The van der Waals surface area contributed by atoms with Gasteiger partial charge >= 0.3 is 17.7 Å². The topological polar surface area (TPSA) is 158 Å². The molecule has 12 heteroatoms. The lowest BCUT2D eigenvalue weighted by atomic mass is 10.5. The smallest absolute Gasteiger partial charge is 0.454 e. The number of halogens is 1. The van der Waals surface area contributed by atoms with Gasteiger partial charge in [-0.3, -0.25) is 0 Å². The van der Waals surface area contributed by atoms with E-state index in [0.29, 0.717) is 25.7 Å². The molecule has 0 saturated heterocycles. The summed E-state index contributed by atoms with van der Waals surface area (Å²) in [5.41, 5.74) is -0.888. The zero-order valence-electron chi connectivity index (χ0n) is 15.0. The summed E-state index contributed by atoms with van der Waals surface area (Å²) >= 11 is 4.89. The monoisotopic (exact) mass is 418 g/mol. The summed E-state index contributed by atoms with van der Waals surface area (Å²) in [5, 5.41) is 25.0. The largest absolute Gasteiger partial charge is 0.508 e. The van der Waals surface area contributed by atoms with Crippen LogP contribution in [0.3, 0.4) is 0 Å². The van der Waals surface area contributed by atoms with Crippen molar-refractivity contribution in [2.45, 2.75) is 25.7 Å². The predicted octanol–water partition coefficient (Wildman–Crippen LogP) is 1.19. The van der Waals surface area contributed by atoms with Gasteiger partial charge in [0.05, 0.1) is 33.0 Å². The van der Waals surface area contributed by atoms with Gasteiger partial charge in [0.1, 0.15) is 0 Å². The predicted molar refractivity (Wildman–Crippen MR) is 91.5 cm³/mol. The quantitative estimate of drug-likeness (QED) is 0.171. The normalized spacial score (nSPS) is 9.48. The highest BCUT2D eigenvalue weighted by Crippen LogP contribution is 1.93. The molecule has 0 aliphatic heterocycles. The first-order valence-corrected chi connectivity index (χ1v) is 8.59. The van der Waals surface area contributed by atoms with Crippen LogP contribution in [0.5, 0.6) is 0 Å². The van der Waals surface area contributed by atoms with Gasteiger partial charge in [-0.05, 0) is 0 Å². The molecule has 0 aromatic carbocycles. The van der Waals surface area contributed by atoms with Crippen LogP contribution in [0.4, 0.5) is 14.4 Å². The molecular formula is C15H27ClO11. The molecule has 27 heavy (non-hydrogen) atoms. The molecular weight excluding hydrogens is 392 g/mol. The van der Waals surface area contributed by atoms with Crippen molar-refractivity contribution in [2.75, 3.05) is 52.9 Å². The molecule has 0 bridgehead atoms. The maximum atomic E-state index is 10.8. The molecule has 3 N–H and O–H groups in total. The van der Waals surface area contributed by atoms with Crippen LogP contribution in [-0.2, 0) is 23.7 Å². The Labute approximate surface area is 162 Å². The second-order valence-corrected chi connectivity index (χ2v) is 4.87. The van der Waals surface area contributed by atoms with Crippen LogP contribution in [0.1, 0.15) is 25.7 Å². The Balaban J connectivity index is 0. The maximum Gasteiger partial charge on any atom is 0.508 e. The van der Waals surface area contributed by atoms with E-state index in [0.717, 1.165) is 0 Å². The summed E-state index contributed by atoms with van der Waals surface area (Å²) in [7, 11) is 0. The third-order valence-electron chi connectivity index (χ3n) is 2.29. The Kier molecular flexibility index (Phi) is 22.6. The Morgan fingerprint density at radius 3 is 1.15 bits per heavy atom. The molecule has 0 aliphatic rings. The molecule has 160 valence electrons. The van der Waals surface area contributed by atoms with Crippen molar-refractivity contribution in [3.8, 4) is 0 Å². The van der Waals surface area contributed by atoms with Crippen molar-refractivity contribution in [3.05, 3.63) is 0 Å². The van der Waals surface area contributed by atoms with Gasteiger partial charge in [-0.15, -0.1) is 0 Å². The maximum absolute atomic E-state index is 10.8. The van der Waals surface area contributed by atoms with Crippen LogP contribution in [0, 0.1) is 0 Å². The summed E-state index contributed by atoms with van der Waals surface area (Å²) in [6.07, 6.45) is -0.00552. The summed E-state index contributed by atoms with van der Waals surface area (Å²) in [5.74, 6) is 0. The fourth-order valence-electron chi connectivity index (χ4n) is 1.11. The summed E-state index contributed by atoms with van der Waals surface area (Å²) in [6, 6.07) is 0. The number of hydrogen-bond acceptors (Lipinski definition) is 11. The van der Waals surface area contributed by atoms with Crippen molar-refractivity contribution in [2.24, 2.45) is 0 Å². The van der Waals surface area contributed by atoms with Crippen molar-refractivity contribution in [1.82, 2.24) is 0 Å². The SMILES string of the molecule is O=C(Cl)OCCCOC(=O)OCCCO.O=C(OCCCO)OCCCO. The van der Waals surface area contributed by atoms with E-state index in [1.807, 2.05) is 0 Å². The van der Waals surface area contributed by atoms with Crippen LogP contribution in [-0.4, -0.2) is 85.9 Å². The number of carbonyl (C=O) groups excluding carboxylic acids is 3. The van der Waals surface area contributed by atoms with Gasteiger partial charge in [-0.1, -0.05) is 0 Å². The van der Waals surface area contributed by atoms with Gasteiger partial charge in [0, 0.05) is 57.1 Å². The number of hydrogen-bond donors (Lipinski definition) is 3. The number of aliphatic hydroxyl groups excluding tert-OH is 3.